The van der Waals surface area contributed by atoms with Gasteiger partial charge in [0.05, 0.1) is 4.92 Å². The normalized spacial score (nSPS) is 10.9. The topological polar surface area (TPSA) is 101 Å². The molecule has 120 valence electrons. The summed E-state index contributed by atoms with van der Waals surface area (Å²) in [5.41, 5.74) is -0.517. The molecule has 0 fully saturated rings. The second-order valence-electron chi connectivity index (χ2n) is 5.73. The molecule has 8 heteroatoms. The molecule has 1 aromatic rings. The summed E-state index contributed by atoms with van der Waals surface area (Å²) in [7, 11) is 0. The number of benzene rings is 1. The van der Waals surface area contributed by atoms with Crippen LogP contribution in [0.5, 0.6) is 0 Å². The van der Waals surface area contributed by atoms with Gasteiger partial charge in [-0.05, 0) is 12.1 Å². The number of hydrogen-bond donors (Lipinski definition) is 2. The van der Waals surface area contributed by atoms with Crippen molar-refractivity contribution in [3.63, 3.8) is 0 Å². The maximum Gasteiger partial charge on any atom is 0.289 e. The van der Waals surface area contributed by atoms with Gasteiger partial charge in [0.1, 0.15) is 5.02 Å². The summed E-state index contributed by atoms with van der Waals surface area (Å²) in [5, 5.41) is 15.9. The Labute approximate surface area is 133 Å². The van der Waals surface area contributed by atoms with Gasteiger partial charge < -0.3 is 10.6 Å². The zero-order valence-electron chi connectivity index (χ0n) is 12.6. The van der Waals surface area contributed by atoms with Gasteiger partial charge in [-0.15, -0.1) is 0 Å². The SMILES string of the molecule is CC(C)(C)C(=O)NCCC(=O)Nc1ccc(Cl)c([N+](=O)[O-])c1. The van der Waals surface area contributed by atoms with Crippen molar-refractivity contribution in [2.75, 3.05) is 11.9 Å². The zero-order chi connectivity index (χ0) is 16.9. The number of carbonyl (C=O) groups is 2. The minimum Gasteiger partial charge on any atom is -0.355 e. The first kappa shape index (κ1) is 17.9. The number of hydrogen-bond acceptors (Lipinski definition) is 4. The lowest BCUT2D eigenvalue weighted by Gasteiger charge is -2.17. The predicted octanol–water partition coefficient (Wildman–Crippen LogP) is 2.74. The van der Waals surface area contributed by atoms with E-state index in [1.165, 1.54) is 18.2 Å². The van der Waals surface area contributed by atoms with Crippen LogP contribution < -0.4 is 10.6 Å². The maximum absolute atomic E-state index is 11.7. The van der Waals surface area contributed by atoms with E-state index >= 15 is 0 Å². The fourth-order valence-electron chi connectivity index (χ4n) is 1.51. The number of carbonyl (C=O) groups excluding carboxylic acids is 2. The molecular weight excluding hydrogens is 310 g/mol. The molecule has 0 aliphatic rings. The van der Waals surface area contributed by atoms with E-state index in [9.17, 15) is 19.7 Å². The van der Waals surface area contributed by atoms with Crippen LogP contribution in [-0.4, -0.2) is 23.3 Å². The van der Waals surface area contributed by atoms with E-state index in [1.807, 2.05) is 0 Å². The molecular formula is C14H18ClN3O4. The Hall–Kier alpha value is -2.15. The first-order valence-electron chi connectivity index (χ1n) is 6.63. The van der Waals surface area contributed by atoms with Gasteiger partial charge >= 0.3 is 0 Å². The number of amides is 2. The van der Waals surface area contributed by atoms with Gasteiger partial charge in [-0.25, -0.2) is 0 Å². The zero-order valence-corrected chi connectivity index (χ0v) is 13.4. The van der Waals surface area contributed by atoms with Gasteiger partial charge in [0.15, 0.2) is 0 Å². The summed E-state index contributed by atoms with van der Waals surface area (Å²) in [4.78, 5) is 33.5. The van der Waals surface area contributed by atoms with Gasteiger partial charge in [0, 0.05) is 30.1 Å². The van der Waals surface area contributed by atoms with Crippen molar-refractivity contribution in [3.8, 4) is 0 Å². The molecule has 0 aromatic heterocycles. The van der Waals surface area contributed by atoms with Crippen LogP contribution in [0.25, 0.3) is 0 Å². The smallest absolute Gasteiger partial charge is 0.289 e. The molecule has 22 heavy (non-hydrogen) atoms. The van der Waals surface area contributed by atoms with Gasteiger partial charge in [0.25, 0.3) is 5.69 Å². The Morgan fingerprint density at radius 2 is 1.95 bits per heavy atom. The number of halogens is 1. The van der Waals surface area contributed by atoms with Crippen molar-refractivity contribution >= 4 is 34.8 Å². The van der Waals surface area contributed by atoms with E-state index in [2.05, 4.69) is 10.6 Å². The van der Waals surface area contributed by atoms with Crippen molar-refractivity contribution in [2.45, 2.75) is 27.2 Å². The lowest BCUT2D eigenvalue weighted by Crippen LogP contribution is -2.36. The average molecular weight is 328 g/mol. The predicted molar refractivity (Wildman–Crippen MR) is 83.8 cm³/mol. The second kappa shape index (κ2) is 7.22. The minimum absolute atomic E-state index is 0.000407. The summed E-state index contributed by atoms with van der Waals surface area (Å²) < 4.78 is 0. The van der Waals surface area contributed by atoms with E-state index in [0.29, 0.717) is 0 Å². The first-order chi connectivity index (χ1) is 10.1. The highest BCUT2D eigenvalue weighted by molar-refractivity contribution is 6.32. The van der Waals surface area contributed by atoms with E-state index in [1.54, 1.807) is 20.8 Å². The molecule has 0 unspecified atom stereocenters. The Morgan fingerprint density at radius 1 is 1.32 bits per heavy atom. The van der Waals surface area contributed by atoms with Crippen LogP contribution in [0.2, 0.25) is 5.02 Å². The molecule has 0 bridgehead atoms. The standard InChI is InChI=1S/C14H18ClN3O4/c1-14(2,3)13(20)16-7-6-12(19)17-9-4-5-10(15)11(8-9)18(21)22/h4-5,8H,6-7H2,1-3H3,(H,16,20)(H,17,19). The summed E-state index contributed by atoms with van der Waals surface area (Å²) in [6.45, 7) is 5.51. The fraction of sp³-hybridized carbons (Fsp3) is 0.429. The first-order valence-corrected chi connectivity index (χ1v) is 7.01. The Morgan fingerprint density at radius 3 is 2.50 bits per heavy atom. The van der Waals surface area contributed by atoms with E-state index in [0.717, 1.165) is 0 Å². The molecule has 0 saturated carbocycles. The molecule has 0 radical (unpaired) electrons. The van der Waals surface area contributed by atoms with Crippen LogP contribution >= 0.6 is 11.6 Å². The molecule has 2 amide bonds. The molecule has 0 spiro atoms. The molecule has 0 atom stereocenters. The van der Waals surface area contributed by atoms with Gasteiger partial charge in [0.2, 0.25) is 11.8 Å². The average Bonchev–Trinajstić information content (AvgIpc) is 2.39. The molecule has 1 aromatic carbocycles. The lowest BCUT2D eigenvalue weighted by atomic mass is 9.96. The van der Waals surface area contributed by atoms with Gasteiger partial charge in [-0.3, -0.25) is 19.7 Å². The van der Waals surface area contributed by atoms with Gasteiger partial charge in [-0.2, -0.15) is 0 Å². The van der Waals surface area contributed by atoms with Crippen LogP contribution in [0.15, 0.2) is 18.2 Å². The van der Waals surface area contributed by atoms with E-state index in [-0.39, 0.29) is 41.2 Å². The van der Waals surface area contributed by atoms with Gasteiger partial charge in [-0.1, -0.05) is 32.4 Å². The molecule has 0 aliphatic carbocycles. The van der Waals surface area contributed by atoms with Crippen LogP contribution in [0.3, 0.4) is 0 Å². The monoisotopic (exact) mass is 327 g/mol. The van der Waals surface area contributed by atoms with Crippen molar-refractivity contribution in [3.05, 3.63) is 33.3 Å². The number of nitrogens with one attached hydrogen (secondary N) is 2. The minimum atomic E-state index is -0.623. The molecule has 2 N–H and O–H groups in total. The Balaban J connectivity index is 2.54. The summed E-state index contributed by atoms with van der Waals surface area (Å²) in [6, 6.07) is 4.01. The molecule has 7 nitrogen and oxygen atoms in total. The summed E-state index contributed by atoms with van der Waals surface area (Å²) in [6.07, 6.45) is 0.0677. The van der Waals surface area contributed by atoms with Crippen molar-refractivity contribution in [1.82, 2.24) is 5.32 Å². The highest BCUT2D eigenvalue weighted by atomic mass is 35.5. The summed E-state index contributed by atoms with van der Waals surface area (Å²) in [5.74, 6) is -0.506. The third-order valence-corrected chi connectivity index (χ3v) is 3.07. The lowest BCUT2D eigenvalue weighted by molar-refractivity contribution is -0.384. The highest BCUT2D eigenvalue weighted by Crippen LogP contribution is 2.27. The van der Waals surface area contributed by atoms with Crippen molar-refractivity contribution < 1.29 is 14.5 Å². The van der Waals surface area contributed by atoms with Crippen molar-refractivity contribution in [2.24, 2.45) is 5.41 Å². The van der Waals surface area contributed by atoms with Crippen LogP contribution in [0.1, 0.15) is 27.2 Å². The third kappa shape index (κ3) is 5.33. The Bertz CT molecular complexity index is 596. The number of nitro groups is 1. The quantitative estimate of drug-likeness (QED) is 0.641. The van der Waals surface area contributed by atoms with Crippen LogP contribution in [0, 0.1) is 15.5 Å². The van der Waals surface area contributed by atoms with Crippen LogP contribution in [-0.2, 0) is 9.59 Å². The second-order valence-corrected chi connectivity index (χ2v) is 6.13. The fourth-order valence-corrected chi connectivity index (χ4v) is 1.70. The molecule has 1 rings (SSSR count). The van der Waals surface area contributed by atoms with E-state index in [4.69, 9.17) is 11.6 Å². The molecule has 0 heterocycles. The Kier molecular flexibility index (Phi) is 5.87. The molecule has 0 saturated heterocycles. The maximum atomic E-state index is 11.7. The number of anilines is 1. The van der Waals surface area contributed by atoms with Crippen LogP contribution in [0.4, 0.5) is 11.4 Å². The largest absolute Gasteiger partial charge is 0.355 e. The van der Waals surface area contributed by atoms with E-state index < -0.39 is 10.3 Å². The number of nitrogens with zero attached hydrogens (tertiary/aromatic N) is 1. The van der Waals surface area contributed by atoms with Crippen molar-refractivity contribution in [1.29, 1.82) is 0 Å². The number of rotatable bonds is 5. The summed E-state index contributed by atoms with van der Waals surface area (Å²) >= 11 is 5.69. The number of nitro benzene ring substituents is 1. The highest BCUT2D eigenvalue weighted by Gasteiger charge is 2.20. The third-order valence-electron chi connectivity index (χ3n) is 2.75. The molecule has 0 aliphatic heterocycles.